The van der Waals surface area contributed by atoms with Gasteiger partial charge in [0.25, 0.3) is 5.56 Å². The normalized spacial score (nSPS) is 11.9. The molecule has 128 valence electrons. The average Bonchev–Trinajstić information content (AvgIpc) is 3.12. The zero-order chi connectivity index (χ0) is 17.8. The summed E-state index contributed by atoms with van der Waals surface area (Å²) in [6, 6.07) is 10.4. The van der Waals surface area contributed by atoms with Gasteiger partial charge in [-0.25, -0.2) is 9.48 Å². The summed E-state index contributed by atoms with van der Waals surface area (Å²) in [4.78, 5) is 36.9. The molecule has 3 aromatic rings. The van der Waals surface area contributed by atoms with E-state index in [0.717, 1.165) is 15.8 Å². The lowest BCUT2D eigenvalue weighted by Crippen LogP contribution is -2.36. The van der Waals surface area contributed by atoms with Crippen LogP contribution in [-0.2, 0) is 11.3 Å². The van der Waals surface area contributed by atoms with Crippen molar-refractivity contribution in [3.05, 3.63) is 81.4 Å². The van der Waals surface area contributed by atoms with E-state index in [-0.39, 0.29) is 18.5 Å². The number of rotatable bonds is 5. The summed E-state index contributed by atoms with van der Waals surface area (Å²) in [5.74, 6) is -0.328. The van der Waals surface area contributed by atoms with Crippen molar-refractivity contribution in [2.75, 3.05) is 0 Å². The minimum Gasteiger partial charge on any atom is -0.348 e. The molecule has 0 saturated carbocycles. The first-order chi connectivity index (χ1) is 12.0. The number of hydrogen-bond acceptors (Lipinski definition) is 4. The Morgan fingerprint density at radius 3 is 2.80 bits per heavy atom. The molecule has 0 radical (unpaired) electrons. The second-order valence-electron chi connectivity index (χ2n) is 5.57. The molecular weight excluding hydrogens is 322 g/mol. The van der Waals surface area contributed by atoms with Crippen LogP contribution >= 0.6 is 0 Å². The van der Waals surface area contributed by atoms with Crippen LogP contribution in [0.15, 0.2) is 64.6 Å². The lowest BCUT2D eigenvalue weighted by atomic mass is 10.1. The summed E-state index contributed by atoms with van der Waals surface area (Å²) in [6.07, 6.45) is 4.83. The highest BCUT2D eigenvalue weighted by atomic mass is 16.2. The molecule has 2 N–H and O–H groups in total. The maximum atomic E-state index is 12.2. The fourth-order valence-electron chi connectivity index (χ4n) is 2.45. The summed E-state index contributed by atoms with van der Waals surface area (Å²) >= 11 is 0. The third-order valence-electron chi connectivity index (χ3n) is 3.73. The first kappa shape index (κ1) is 16.4. The average molecular weight is 339 g/mol. The second kappa shape index (κ2) is 7.00. The highest BCUT2D eigenvalue weighted by molar-refractivity contribution is 5.76. The number of amides is 1. The van der Waals surface area contributed by atoms with E-state index in [9.17, 15) is 14.4 Å². The van der Waals surface area contributed by atoms with Gasteiger partial charge in [0.15, 0.2) is 0 Å². The van der Waals surface area contributed by atoms with Crippen molar-refractivity contribution in [3.8, 4) is 5.69 Å². The van der Waals surface area contributed by atoms with Crippen LogP contribution in [0.1, 0.15) is 18.5 Å². The van der Waals surface area contributed by atoms with Crippen LogP contribution in [0.25, 0.3) is 5.69 Å². The van der Waals surface area contributed by atoms with Crippen molar-refractivity contribution in [3.63, 3.8) is 0 Å². The van der Waals surface area contributed by atoms with Gasteiger partial charge in [-0.2, -0.15) is 5.10 Å². The molecule has 0 spiro atoms. The summed E-state index contributed by atoms with van der Waals surface area (Å²) < 4.78 is 2.88. The SMILES string of the molecule is CC(NC(=O)Cn1ccc(=O)[nH]c1=O)c1cccc(-n2cccn2)c1. The number of nitrogens with one attached hydrogen (secondary N) is 2. The summed E-state index contributed by atoms with van der Waals surface area (Å²) in [6.45, 7) is 1.69. The standard InChI is InChI=1S/C17H17N5O3/c1-12(13-4-2-5-14(10-13)22-8-3-7-18-22)19-16(24)11-21-9-6-15(23)20-17(21)25/h2-10,12H,11H2,1H3,(H,19,24)(H,20,23,25). The number of benzene rings is 1. The fraction of sp³-hybridized carbons (Fsp3) is 0.176. The molecule has 8 heteroatoms. The topological polar surface area (TPSA) is 102 Å². The molecule has 8 nitrogen and oxygen atoms in total. The first-order valence-electron chi connectivity index (χ1n) is 7.72. The first-order valence-corrected chi connectivity index (χ1v) is 7.72. The van der Waals surface area contributed by atoms with Gasteiger partial charge in [-0.15, -0.1) is 0 Å². The van der Waals surface area contributed by atoms with Crippen molar-refractivity contribution in [1.82, 2.24) is 24.6 Å². The zero-order valence-corrected chi connectivity index (χ0v) is 13.5. The monoisotopic (exact) mass is 339 g/mol. The molecule has 0 aliphatic carbocycles. The molecule has 2 aromatic heterocycles. The Hall–Kier alpha value is -3.42. The van der Waals surface area contributed by atoms with Gasteiger partial charge in [0.05, 0.1) is 11.7 Å². The number of nitrogens with zero attached hydrogens (tertiary/aromatic N) is 3. The van der Waals surface area contributed by atoms with Crippen molar-refractivity contribution < 1.29 is 4.79 Å². The van der Waals surface area contributed by atoms with Crippen LogP contribution in [0.5, 0.6) is 0 Å². The zero-order valence-electron chi connectivity index (χ0n) is 13.5. The van der Waals surface area contributed by atoms with E-state index in [1.54, 1.807) is 10.9 Å². The quantitative estimate of drug-likeness (QED) is 0.710. The lowest BCUT2D eigenvalue weighted by molar-refractivity contribution is -0.122. The second-order valence-corrected chi connectivity index (χ2v) is 5.57. The van der Waals surface area contributed by atoms with Gasteiger partial charge in [-0.3, -0.25) is 19.1 Å². The molecule has 0 saturated heterocycles. The summed E-state index contributed by atoms with van der Waals surface area (Å²) in [7, 11) is 0. The Morgan fingerprint density at radius 1 is 1.24 bits per heavy atom. The van der Waals surface area contributed by atoms with Crippen LogP contribution in [0.3, 0.4) is 0 Å². The van der Waals surface area contributed by atoms with Crippen LogP contribution < -0.4 is 16.6 Å². The van der Waals surface area contributed by atoms with Gasteiger partial charge >= 0.3 is 5.69 Å². The van der Waals surface area contributed by atoms with Crippen LogP contribution in [-0.4, -0.2) is 25.2 Å². The minimum absolute atomic E-state index is 0.168. The summed E-state index contributed by atoms with van der Waals surface area (Å²) in [5.41, 5.74) is 0.692. The van der Waals surface area contributed by atoms with Gasteiger partial charge in [0.2, 0.25) is 5.91 Å². The minimum atomic E-state index is -0.615. The lowest BCUT2D eigenvalue weighted by Gasteiger charge is -2.16. The van der Waals surface area contributed by atoms with E-state index >= 15 is 0 Å². The highest BCUT2D eigenvalue weighted by Gasteiger charge is 2.11. The fourth-order valence-corrected chi connectivity index (χ4v) is 2.45. The number of carbonyl (C=O) groups is 1. The maximum Gasteiger partial charge on any atom is 0.328 e. The highest BCUT2D eigenvalue weighted by Crippen LogP contribution is 2.16. The van der Waals surface area contributed by atoms with E-state index in [1.165, 1.54) is 12.3 Å². The molecule has 1 unspecified atom stereocenters. The Bertz CT molecular complexity index is 988. The number of hydrogen-bond donors (Lipinski definition) is 2. The molecule has 3 rings (SSSR count). The molecule has 1 atom stereocenters. The van der Waals surface area contributed by atoms with E-state index < -0.39 is 11.2 Å². The molecule has 1 aromatic carbocycles. The Balaban J connectivity index is 1.70. The van der Waals surface area contributed by atoms with Crippen LogP contribution in [0.2, 0.25) is 0 Å². The maximum absolute atomic E-state index is 12.2. The third-order valence-corrected chi connectivity index (χ3v) is 3.73. The smallest absolute Gasteiger partial charge is 0.328 e. The van der Waals surface area contributed by atoms with Crippen molar-refractivity contribution in [2.24, 2.45) is 0 Å². The number of aromatic amines is 1. The molecule has 0 aliphatic heterocycles. The molecular formula is C17H17N5O3. The summed E-state index contributed by atoms with van der Waals surface area (Å²) in [5, 5.41) is 7.02. The number of carbonyl (C=O) groups excluding carboxylic acids is 1. The Kier molecular flexibility index (Phi) is 4.60. The molecule has 2 heterocycles. The van der Waals surface area contributed by atoms with Crippen LogP contribution in [0, 0.1) is 0 Å². The van der Waals surface area contributed by atoms with Gasteiger partial charge in [0, 0.05) is 24.7 Å². The van der Waals surface area contributed by atoms with E-state index in [1.807, 2.05) is 43.5 Å². The van der Waals surface area contributed by atoms with Gasteiger partial charge in [-0.05, 0) is 30.7 Å². The number of aromatic nitrogens is 4. The molecule has 0 aliphatic rings. The largest absolute Gasteiger partial charge is 0.348 e. The molecule has 1 amide bonds. The van der Waals surface area contributed by atoms with Crippen molar-refractivity contribution >= 4 is 5.91 Å². The van der Waals surface area contributed by atoms with Crippen molar-refractivity contribution in [2.45, 2.75) is 19.5 Å². The number of H-pyrrole nitrogens is 1. The predicted octanol–water partition coefficient (Wildman–Crippen LogP) is 0.600. The Labute approximate surface area is 142 Å². The van der Waals surface area contributed by atoms with Crippen molar-refractivity contribution in [1.29, 1.82) is 0 Å². The van der Waals surface area contributed by atoms with Gasteiger partial charge in [-0.1, -0.05) is 12.1 Å². The van der Waals surface area contributed by atoms with Gasteiger partial charge in [0.1, 0.15) is 6.54 Å². The van der Waals surface area contributed by atoms with E-state index in [4.69, 9.17) is 0 Å². The van der Waals surface area contributed by atoms with Gasteiger partial charge < -0.3 is 5.32 Å². The Morgan fingerprint density at radius 2 is 2.08 bits per heavy atom. The predicted molar refractivity (Wildman–Crippen MR) is 91.4 cm³/mol. The third kappa shape index (κ3) is 3.92. The molecule has 0 fully saturated rings. The molecule has 25 heavy (non-hydrogen) atoms. The van der Waals surface area contributed by atoms with E-state index in [0.29, 0.717) is 0 Å². The van der Waals surface area contributed by atoms with Crippen LogP contribution in [0.4, 0.5) is 0 Å². The van der Waals surface area contributed by atoms with E-state index in [2.05, 4.69) is 15.4 Å². The molecule has 0 bridgehead atoms.